The van der Waals surface area contributed by atoms with Gasteiger partial charge in [0.05, 0.1) is 17.0 Å². The number of halogens is 2. The third-order valence-corrected chi connectivity index (χ3v) is 4.62. The van der Waals surface area contributed by atoms with Crippen molar-refractivity contribution in [3.05, 3.63) is 75.1 Å². The summed E-state index contributed by atoms with van der Waals surface area (Å²) in [4.78, 5) is 24.8. The van der Waals surface area contributed by atoms with E-state index in [1.165, 1.54) is 5.56 Å². The van der Waals surface area contributed by atoms with Crippen molar-refractivity contribution >= 4 is 24.0 Å². The van der Waals surface area contributed by atoms with Gasteiger partial charge < -0.3 is 10.2 Å². The zero-order chi connectivity index (χ0) is 18.7. The van der Waals surface area contributed by atoms with Crippen molar-refractivity contribution in [3.8, 4) is 0 Å². The summed E-state index contributed by atoms with van der Waals surface area (Å²) >= 11 is 0. The molecule has 2 aromatic rings. The summed E-state index contributed by atoms with van der Waals surface area (Å²) in [5, 5.41) is 14.2. The highest BCUT2D eigenvalue weighted by atomic mass is 35.5. The van der Waals surface area contributed by atoms with Gasteiger partial charge in [0.15, 0.2) is 0 Å². The molecule has 1 aliphatic rings. The molecule has 144 valence electrons. The van der Waals surface area contributed by atoms with Crippen LogP contribution in [0.5, 0.6) is 0 Å². The molecule has 1 saturated heterocycles. The standard InChI is InChI=1S/C19H20FN3O3.ClH/c1-2-13-3-5-14(6-4-13)18-12-21-7-8-22(18)19(24)15-9-16(20)11-17(10-15)23(25)26;/h3-6,9-11,18,21H,2,7-8,12H2,1H3;1H. The highest BCUT2D eigenvalue weighted by Crippen LogP contribution is 2.26. The van der Waals surface area contributed by atoms with E-state index in [0.29, 0.717) is 19.6 Å². The quantitative estimate of drug-likeness (QED) is 0.637. The van der Waals surface area contributed by atoms with Crippen LogP contribution in [0.15, 0.2) is 42.5 Å². The molecule has 0 aliphatic carbocycles. The van der Waals surface area contributed by atoms with Gasteiger partial charge in [-0.1, -0.05) is 31.2 Å². The number of nitro benzene ring substituents is 1. The Bertz CT molecular complexity index is 829. The van der Waals surface area contributed by atoms with Crippen LogP contribution in [0.4, 0.5) is 10.1 Å². The third kappa shape index (κ3) is 4.61. The average molecular weight is 394 g/mol. The van der Waals surface area contributed by atoms with Crippen LogP contribution in [-0.2, 0) is 6.42 Å². The first-order valence-electron chi connectivity index (χ1n) is 8.55. The number of benzene rings is 2. The van der Waals surface area contributed by atoms with Crippen molar-refractivity contribution in [2.24, 2.45) is 0 Å². The average Bonchev–Trinajstić information content (AvgIpc) is 2.67. The van der Waals surface area contributed by atoms with Crippen LogP contribution in [-0.4, -0.2) is 35.4 Å². The second-order valence-electron chi connectivity index (χ2n) is 6.27. The van der Waals surface area contributed by atoms with Crippen LogP contribution in [0.2, 0.25) is 0 Å². The van der Waals surface area contributed by atoms with Gasteiger partial charge in [0, 0.05) is 31.3 Å². The van der Waals surface area contributed by atoms with Gasteiger partial charge in [-0.15, -0.1) is 12.4 Å². The highest BCUT2D eigenvalue weighted by molar-refractivity contribution is 5.95. The minimum absolute atomic E-state index is 0. The van der Waals surface area contributed by atoms with Crippen LogP contribution >= 0.6 is 12.4 Å². The number of nitro groups is 1. The molecule has 1 amide bonds. The first kappa shape index (κ1) is 20.8. The summed E-state index contributed by atoms with van der Waals surface area (Å²) in [6.45, 7) is 3.72. The molecule has 6 nitrogen and oxygen atoms in total. The summed E-state index contributed by atoms with van der Waals surface area (Å²) in [6.07, 6.45) is 0.929. The topological polar surface area (TPSA) is 75.5 Å². The van der Waals surface area contributed by atoms with Crippen molar-refractivity contribution in [2.45, 2.75) is 19.4 Å². The number of nitrogens with one attached hydrogen (secondary N) is 1. The fraction of sp³-hybridized carbons (Fsp3) is 0.316. The number of piperazine rings is 1. The second kappa shape index (κ2) is 8.92. The largest absolute Gasteiger partial charge is 0.329 e. The Hall–Kier alpha value is -2.51. The van der Waals surface area contributed by atoms with Gasteiger partial charge in [0.25, 0.3) is 11.6 Å². The highest BCUT2D eigenvalue weighted by Gasteiger charge is 2.29. The number of non-ortho nitro benzene ring substituents is 1. The molecule has 0 radical (unpaired) electrons. The monoisotopic (exact) mass is 393 g/mol. The van der Waals surface area contributed by atoms with Crippen LogP contribution in [0.25, 0.3) is 0 Å². The van der Waals surface area contributed by atoms with Crippen LogP contribution in [0.3, 0.4) is 0 Å². The second-order valence-corrected chi connectivity index (χ2v) is 6.27. The maximum absolute atomic E-state index is 13.7. The molecule has 0 spiro atoms. The molecular weight excluding hydrogens is 373 g/mol. The van der Waals surface area contributed by atoms with E-state index in [0.717, 1.165) is 30.2 Å². The number of aryl methyl sites for hydroxylation is 1. The van der Waals surface area contributed by atoms with Crippen molar-refractivity contribution in [2.75, 3.05) is 19.6 Å². The zero-order valence-electron chi connectivity index (χ0n) is 14.9. The molecule has 27 heavy (non-hydrogen) atoms. The Morgan fingerprint density at radius 1 is 1.30 bits per heavy atom. The summed E-state index contributed by atoms with van der Waals surface area (Å²) in [7, 11) is 0. The Kier molecular flexibility index (Phi) is 6.87. The van der Waals surface area contributed by atoms with Crippen LogP contribution in [0.1, 0.15) is 34.5 Å². The molecular formula is C19H21ClFN3O3. The Morgan fingerprint density at radius 3 is 2.63 bits per heavy atom. The third-order valence-electron chi connectivity index (χ3n) is 4.62. The molecule has 8 heteroatoms. The van der Waals surface area contributed by atoms with E-state index >= 15 is 0 Å². The molecule has 3 rings (SSSR count). The molecule has 1 N–H and O–H groups in total. The van der Waals surface area contributed by atoms with E-state index in [4.69, 9.17) is 0 Å². The predicted octanol–water partition coefficient (Wildman–Crippen LogP) is 3.50. The number of hydrogen-bond acceptors (Lipinski definition) is 4. The van der Waals surface area contributed by atoms with Gasteiger partial charge in [-0.05, 0) is 23.6 Å². The molecule has 0 bridgehead atoms. The van der Waals surface area contributed by atoms with Crippen LogP contribution in [0, 0.1) is 15.9 Å². The van der Waals surface area contributed by atoms with E-state index < -0.39 is 22.3 Å². The number of rotatable bonds is 4. The lowest BCUT2D eigenvalue weighted by Gasteiger charge is -2.36. The normalized spacial score (nSPS) is 16.5. The van der Waals surface area contributed by atoms with Crippen molar-refractivity contribution in [1.29, 1.82) is 0 Å². The van der Waals surface area contributed by atoms with E-state index in [9.17, 15) is 19.3 Å². The number of hydrogen-bond donors (Lipinski definition) is 1. The Morgan fingerprint density at radius 2 is 2.00 bits per heavy atom. The summed E-state index contributed by atoms with van der Waals surface area (Å²) in [6, 6.07) is 10.8. The first-order chi connectivity index (χ1) is 12.5. The number of amides is 1. The smallest absolute Gasteiger partial charge is 0.273 e. The van der Waals surface area contributed by atoms with E-state index in [-0.39, 0.29) is 24.0 Å². The maximum atomic E-state index is 13.7. The molecule has 1 aliphatic heterocycles. The summed E-state index contributed by atoms with van der Waals surface area (Å²) in [5.74, 6) is -1.19. The SMILES string of the molecule is CCc1ccc(C2CNCCN2C(=O)c2cc(F)cc([N+](=O)[O-])c2)cc1.Cl. The van der Waals surface area contributed by atoms with Gasteiger partial charge in [0.1, 0.15) is 5.82 Å². The molecule has 2 aromatic carbocycles. The van der Waals surface area contributed by atoms with E-state index in [1.807, 2.05) is 24.3 Å². The number of nitrogens with zero attached hydrogens (tertiary/aromatic N) is 2. The zero-order valence-corrected chi connectivity index (χ0v) is 15.7. The van der Waals surface area contributed by atoms with Crippen molar-refractivity contribution < 1.29 is 14.1 Å². The number of carbonyl (C=O) groups is 1. The fourth-order valence-electron chi connectivity index (χ4n) is 3.19. The van der Waals surface area contributed by atoms with Gasteiger partial charge in [0.2, 0.25) is 0 Å². The van der Waals surface area contributed by atoms with Gasteiger partial charge in [-0.3, -0.25) is 14.9 Å². The van der Waals surface area contributed by atoms with Crippen molar-refractivity contribution in [3.63, 3.8) is 0 Å². The first-order valence-corrected chi connectivity index (χ1v) is 8.55. The van der Waals surface area contributed by atoms with Gasteiger partial charge >= 0.3 is 0 Å². The lowest BCUT2D eigenvalue weighted by Crippen LogP contribution is -2.48. The van der Waals surface area contributed by atoms with E-state index in [2.05, 4.69) is 12.2 Å². The fourth-order valence-corrected chi connectivity index (χ4v) is 3.19. The molecule has 1 unspecified atom stereocenters. The Labute approximate surface area is 162 Å². The lowest BCUT2D eigenvalue weighted by atomic mass is 10.00. The lowest BCUT2D eigenvalue weighted by molar-refractivity contribution is -0.385. The maximum Gasteiger partial charge on any atom is 0.273 e. The minimum atomic E-state index is -0.790. The summed E-state index contributed by atoms with van der Waals surface area (Å²) < 4.78 is 13.7. The van der Waals surface area contributed by atoms with Gasteiger partial charge in [-0.25, -0.2) is 4.39 Å². The molecule has 1 fully saturated rings. The predicted molar refractivity (Wildman–Crippen MR) is 103 cm³/mol. The van der Waals surface area contributed by atoms with E-state index in [1.54, 1.807) is 4.90 Å². The molecule has 1 atom stereocenters. The van der Waals surface area contributed by atoms with Crippen molar-refractivity contribution in [1.82, 2.24) is 10.2 Å². The van der Waals surface area contributed by atoms with Gasteiger partial charge in [-0.2, -0.15) is 0 Å². The minimum Gasteiger partial charge on any atom is -0.329 e. The summed E-state index contributed by atoms with van der Waals surface area (Å²) in [5.41, 5.74) is 1.76. The molecule has 0 saturated carbocycles. The number of carbonyl (C=O) groups excluding carboxylic acids is 1. The van der Waals surface area contributed by atoms with Crippen LogP contribution < -0.4 is 5.32 Å². The molecule has 0 aromatic heterocycles. The molecule has 1 heterocycles. The Balaban J connectivity index is 0.00000261.